The van der Waals surface area contributed by atoms with E-state index in [2.05, 4.69) is 31.1 Å². The van der Waals surface area contributed by atoms with Gasteiger partial charge in [0, 0.05) is 22.9 Å². The number of anilines is 1. The van der Waals surface area contributed by atoms with Crippen LogP contribution >= 0.6 is 22.9 Å². The van der Waals surface area contributed by atoms with Crippen LogP contribution in [0.3, 0.4) is 0 Å². The van der Waals surface area contributed by atoms with Crippen molar-refractivity contribution in [3.05, 3.63) is 49.4 Å². The van der Waals surface area contributed by atoms with Crippen LogP contribution in [0.15, 0.2) is 23.6 Å². The van der Waals surface area contributed by atoms with Gasteiger partial charge in [0.15, 0.2) is 0 Å². The lowest BCUT2D eigenvalue weighted by molar-refractivity contribution is -0.384. The van der Waals surface area contributed by atoms with Gasteiger partial charge in [-0.2, -0.15) is 0 Å². The Morgan fingerprint density at radius 1 is 1.43 bits per heavy atom. The lowest BCUT2D eigenvalue weighted by atomic mass is 9.98. The molecule has 1 aromatic heterocycles. The minimum absolute atomic E-state index is 0.00978. The fourth-order valence-corrected chi connectivity index (χ4v) is 2.77. The highest BCUT2D eigenvalue weighted by atomic mass is 35.5. The Morgan fingerprint density at radius 3 is 2.71 bits per heavy atom. The molecule has 1 heterocycles. The first-order valence-electron chi connectivity index (χ1n) is 6.40. The first kappa shape index (κ1) is 15.7. The summed E-state index contributed by atoms with van der Waals surface area (Å²) in [5.41, 5.74) is 1.46. The summed E-state index contributed by atoms with van der Waals surface area (Å²) in [6.45, 7) is 6.81. The maximum Gasteiger partial charge on any atom is 0.271 e. The molecule has 1 aromatic carbocycles. The summed E-state index contributed by atoms with van der Waals surface area (Å²) in [5, 5.41) is 17.4. The fourth-order valence-electron chi connectivity index (χ4n) is 1.68. The maximum absolute atomic E-state index is 10.8. The van der Waals surface area contributed by atoms with E-state index in [1.165, 1.54) is 18.2 Å². The number of nitro benzene ring substituents is 1. The van der Waals surface area contributed by atoms with Crippen molar-refractivity contribution in [2.45, 2.75) is 32.7 Å². The van der Waals surface area contributed by atoms with Crippen molar-refractivity contribution < 1.29 is 4.92 Å². The van der Waals surface area contributed by atoms with Crippen molar-refractivity contribution in [1.82, 2.24) is 4.98 Å². The second kappa shape index (κ2) is 5.99. The number of hydrogen-bond donors (Lipinski definition) is 1. The molecule has 0 spiro atoms. The standard InChI is InChI=1S/C14H16ClN3O2S/c1-14(2,3)13-17-9(8-21-13)7-16-12-6-10(18(19)20)4-5-11(12)15/h4-6,8,16H,7H2,1-3H3. The zero-order valence-corrected chi connectivity index (χ0v) is 13.6. The third-order valence-electron chi connectivity index (χ3n) is 2.81. The SMILES string of the molecule is CC(C)(C)c1nc(CNc2cc([N+](=O)[O-])ccc2Cl)cs1. The molecule has 0 aliphatic carbocycles. The van der Waals surface area contributed by atoms with Crippen LogP contribution in [0.1, 0.15) is 31.5 Å². The number of rotatable bonds is 4. The van der Waals surface area contributed by atoms with Gasteiger partial charge in [-0.25, -0.2) is 4.98 Å². The number of thiazole rings is 1. The second-order valence-electron chi connectivity index (χ2n) is 5.67. The third-order valence-corrected chi connectivity index (χ3v) is 4.46. The fraction of sp³-hybridized carbons (Fsp3) is 0.357. The lowest BCUT2D eigenvalue weighted by Crippen LogP contribution is -2.11. The van der Waals surface area contributed by atoms with Gasteiger partial charge in [0.2, 0.25) is 0 Å². The van der Waals surface area contributed by atoms with Crippen molar-refractivity contribution in [1.29, 1.82) is 0 Å². The van der Waals surface area contributed by atoms with E-state index < -0.39 is 4.92 Å². The Morgan fingerprint density at radius 2 is 2.14 bits per heavy atom. The molecule has 0 bridgehead atoms. The summed E-state index contributed by atoms with van der Waals surface area (Å²) < 4.78 is 0. The van der Waals surface area contributed by atoms with Crippen LogP contribution < -0.4 is 5.32 Å². The molecule has 112 valence electrons. The summed E-state index contributed by atoms with van der Waals surface area (Å²) in [4.78, 5) is 14.9. The van der Waals surface area contributed by atoms with Crippen molar-refractivity contribution >= 4 is 34.3 Å². The van der Waals surface area contributed by atoms with Crippen LogP contribution in [0.25, 0.3) is 0 Å². The van der Waals surface area contributed by atoms with E-state index in [1.807, 2.05) is 5.38 Å². The van der Waals surface area contributed by atoms with E-state index >= 15 is 0 Å². The molecule has 0 aliphatic heterocycles. The average molecular weight is 326 g/mol. The monoisotopic (exact) mass is 325 g/mol. The summed E-state index contributed by atoms with van der Waals surface area (Å²) >= 11 is 7.65. The van der Waals surface area contributed by atoms with Gasteiger partial charge in [0.05, 0.1) is 32.9 Å². The van der Waals surface area contributed by atoms with E-state index in [9.17, 15) is 10.1 Å². The second-order valence-corrected chi connectivity index (χ2v) is 6.93. The van der Waals surface area contributed by atoms with Crippen LogP contribution in [0.2, 0.25) is 5.02 Å². The number of nitrogens with zero attached hydrogens (tertiary/aromatic N) is 2. The highest BCUT2D eigenvalue weighted by molar-refractivity contribution is 7.09. The van der Waals surface area contributed by atoms with Crippen molar-refractivity contribution in [3.8, 4) is 0 Å². The molecule has 0 fully saturated rings. The quantitative estimate of drug-likeness (QED) is 0.658. The largest absolute Gasteiger partial charge is 0.378 e. The van der Waals surface area contributed by atoms with Gasteiger partial charge in [-0.1, -0.05) is 32.4 Å². The first-order valence-corrected chi connectivity index (χ1v) is 7.66. The van der Waals surface area contributed by atoms with E-state index in [-0.39, 0.29) is 11.1 Å². The van der Waals surface area contributed by atoms with E-state index in [0.717, 1.165) is 10.7 Å². The molecule has 0 atom stereocenters. The number of nitro groups is 1. The van der Waals surface area contributed by atoms with Gasteiger partial charge in [-0.3, -0.25) is 10.1 Å². The maximum atomic E-state index is 10.8. The third kappa shape index (κ3) is 3.92. The van der Waals surface area contributed by atoms with Crippen LogP contribution in [0, 0.1) is 10.1 Å². The van der Waals surface area contributed by atoms with Crippen LogP contribution in [-0.2, 0) is 12.0 Å². The molecule has 0 amide bonds. The van der Waals surface area contributed by atoms with Crippen molar-refractivity contribution in [2.75, 3.05) is 5.32 Å². The summed E-state index contributed by atoms with van der Waals surface area (Å²) in [7, 11) is 0. The zero-order valence-electron chi connectivity index (χ0n) is 12.0. The summed E-state index contributed by atoms with van der Waals surface area (Å²) in [6, 6.07) is 4.33. The molecule has 21 heavy (non-hydrogen) atoms. The van der Waals surface area contributed by atoms with Crippen LogP contribution in [0.4, 0.5) is 11.4 Å². The highest BCUT2D eigenvalue weighted by Gasteiger charge is 2.18. The number of hydrogen-bond acceptors (Lipinski definition) is 5. The predicted molar refractivity (Wildman–Crippen MR) is 86.2 cm³/mol. The van der Waals surface area contributed by atoms with Gasteiger partial charge < -0.3 is 5.32 Å². The Hall–Kier alpha value is -1.66. The zero-order chi connectivity index (χ0) is 15.6. The van der Waals surface area contributed by atoms with E-state index in [4.69, 9.17) is 11.6 Å². The Balaban J connectivity index is 2.11. The minimum Gasteiger partial charge on any atom is -0.378 e. The molecule has 2 aromatic rings. The number of aromatic nitrogens is 1. The molecule has 7 heteroatoms. The molecular weight excluding hydrogens is 310 g/mol. The van der Waals surface area contributed by atoms with E-state index in [1.54, 1.807) is 11.3 Å². The molecule has 0 radical (unpaired) electrons. The molecule has 0 saturated carbocycles. The Bertz CT molecular complexity index is 664. The van der Waals surface area contributed by atoms with Gasteiger partial charge in [0.1, 0.15) is 0 Å². The summed E-state index contributed by atoms with van der Waals surface area (Å²) in [5.74, 6) is 0. The van der Waals surface area contributed by atoms with E-state index in [0.29, 0.717) is 17.3 Å². The molecule has 2 rings (SSSR count). The minimum atomic E-state index is -0.442. The molecular formula is C14H16ClN3O2S. The van der Waals surface area contributed by atoms with Crippen LogP contribution in [-0.4, -0.2) is 9.91 Å². The molecule has 1 N–H and O–H groups in total. The Kier molecular flexibility index (Phi) is 4.49. The first-order chi connectivity index (χ1) is 9.77. The van der Waals surface area contributed by atoms with Gasteiger partial charge in [-0.05, 0) is 6.07 Å². The summed E-state index contributed by atoms with van der Waals surface area (Å²) in [6.07, 6.45) is 0. The lowest BCUT2D eigenvalue weighted by Gasteiger charge is -2.13. The normalized spacial score (nSPS) is 11.4. The number of non-ortho nitro benzene ring substituents is 1. The topological polar surface area (TPSA) is 68.1 Å². The molecule has 0 aliphatic rings. The van der Waals surface area contributed by atoms with Crippen molar-refractivity contribution in [2.24, 2.45) is 0 Å². The van der Waals surface area contributed by atoms with Crippen molar-refractivity contribution in [3.63, 3.8) is 0 Å². The van der Waals surface area contributed by atoms with Gasteiger partial charge in [-0.15, -0.1) is 11.3 Å². The molecule has 0 unspecified atom stereocenters. The van der Waals surface area contributed by atoms with Gasteiger partial charge in [0.25, 0.3) is 5.69 Å². The number of halogens is 1. The molecule has 0 saturated heterocycles. The average Bonchev–Trinajstić information content (AvgIpc) is 2.86. The smallest absolute Gasteiger partial charge is 0.271 e. The Labute approximate surface area is 132 Å². The predicted octanol–water partition coefficient (Wildman–Crippen LogP) is 4.61. The number of nitrogens with one attached hydrogen (secondary N) is 1. The molecule has 5 nitrogen and oxygen atoms in total. The number of benzene rings is 1. The van der Waals surface area contributed by atoms with Gasteiger partial charge >= 0.3 is 0 Å². The highest BCUT2D eigenvalue weighted by Crippen LogP contribution is 2.28. The van der Waals surface area contributed by atoms with Crippen LogP contribution in [0.5, 0.6) is 0 Å².